The van der Waals surface area contributed by atoms with Crippen LogP contribution in [0.4, 0.5) is 0 Å². The lowest BCUT2D eigenvalue weighted by molar-refractivity contribution is 0.0928. The monoisotopic (exact) mass is 267 g/mol. The summed E-state index contributed by atoms with van der Waals surface area (Å²) in [4.78, 5) is 5.17. The molecular formula is C16H33N3. The van der Waals surface area contributed by atoms with Crippen LogP contribution in [0, 0.1) is 5.92 Å². The average molecular weight is 267 g/mol. The zero-order chi connectivity index (χ0) is 13.7. The third-order valence-corrected chi connectivity index (χ3v) is 5.21. The Morgan fingerprint density at radius 2 is 1.84 bits per heavy atom. The topological polar surface area (TPSA) is 18.5 Å². The standard InChI is InChI=1S/C16H33N3/c1-4-16-13-19(12-11-18(16)3)10-9-17-15-7-5-14(2)6-8-15/h14-17H,4-13H2,1-3H3. The molecule has 2 aliphatic rings. The van der Waals surface area contributed by atoms with Crippen molar-refractivity contribution in [3.05, 3.63) is 0 Å². The molecule has 1 aliphatic heterocycles. The second-order valence-electron chi connectivity index (χ2n) is 6.75. The van der Waals surface area contributed by atoms with Crippen molar-refractivity contribution in [2.75, 3.05) is 39.8 Å². The van der Waals surface area contributed by atoms with Crippen LogP contribution < -0.4 is 5.32 Å². The van der Waals surface area contributed by atoms with Gasteiger partial charge in [0.05, 0.1) is 0 Å². The van der Waals surface area contributed by atoms with Crippen LogP contribution in [0.1, 0.15) is 46.0 Å². The fourth-order valence-corrected chi connectivity index (χ4v) is 3.55. The molecule has 3 heteroatoms. The highest BCUT2D eigenvalue weighted by atomic mass is 15.3. The third-order valence-electron chi connectivity index (χ3n) is 5.21. The Bertz CT molecular complexity index is 248. The van der Waals surface area contributed by atoms with Gasteiger partial charge in [0.15, 0.2) is 0 Å². The van der Waals surface area contributed by atoms with E-state index in [1.165, 1.54) is 64.8 Å². The zero-order valence-electron chi connectivity index (χ0n) is 13.2. The Balaban J connectivity index is 1.60. The Kier molecular flexibility index (Phi) is 6.11. The molecule has 1 aliphatic carbocycles. The van der Waals surface area contributed by atoms with Gasteiger partial charge in [-0.15, -0.1) is 0 Å². The van der Waals surface area contributed by atoms with Crippen molar-refractivity contribution in [2.45, 2.75) is 58.0 Å². The molecule has 1 N–H and O–H groups in total. The van der Waals surface area contributed by atoms with E-state index in [2.05, 4.69) is 36.0 Å². The van der Waals surface area contributed by atoms with Crippen molar-refractivity contribution in [3.8, 4) is 0 Å². The maximum absolute atomic E-state index is 3.78. The molecule has 1 heterocycles. The molecule has 1 unspecified atom stereocenters. The molecule has 0 aromatic rings. The van der Waals surface area contributed by atoms with Crippen molar-refractivity contribution in [1.82, 2.24) is 15.1 Å². The first-order valence-electron chi connectivity index (χ1n) is 8.35. The first-order chi connectivity index (χ1) is 9.19. The van der Waals surface area contributed by atoms with Gasteiger partial charge in [0.2, 0.25) is 0 Å². The highest BCUT2D eigenvalue weighted by molar-refractivity contribution is 4.80. The van der Waals surface area contributed by atoms with E-state index in [1.54, 1.807) is 0 Å². The van der Waals surface area contributed by atoms with Crippen molar-refractivity contribution in [3.63, 3.8) is 0 Å². The third kappa shape index (κ3) is 4.73. The molecule has 0 aromatic carbocycles. The van der Waals surface area contributed by atoms with Gasteiger partial charge in [-0.2, -0.15) is 0 Å². The number of likely N-dealkylation sites (N-methyl/N-ethyl adjacent to an activating group) is 1. The predicted molar refractivity (Wildman–Crippen MR) is 82.6 cm³/mol. The SMILES string of the molecule is CCC1CN(CCNC2CCC(C)CC2)CCN1C. The summed E-state index contributed by atoms with van der Waals surface area (Å²) in [6.45, 7) is 10.9. The maximum atomic E-state index is 3.78. The van der Waals surface area contributed by atoms with Gasteiger partial charge >= 0.3 is 0 Å². The molecule has 0 spiro atoms. The van der Waals surface area contributed by atoms with Crippen LogP contribution >= 0.6 is 0 Å². The number of nitrogens with one attached hydrogen (secondary N) is 1. The van der Waals surface area contributed by atoms with Crippen molar-refractivity contribution in [2.24, 2.45) is 5.92 Å². The number of hydrogen-bond acceptors (Lipinski definition) is 3. The van der Waals surface area contributed by atoms with E-state index in [9.17, 15) is 0 Å². The number of rotatable bonds is 5. The molecule has 1 atom stereocenters. The van der Waals surface area contributed by atoms with Crippen LogP contribution in [-0.4, -0.2) is 61.7 Å². The van der Waals surface area contributed by atoms with Gasteiger partial charge in [-0.1, -0.05) is 13.8 Å². The van der Waals surface area contributed by atoms with E-state index in [1.807, 2.05) is 0 Å². The molecule has 1 saturated carbocycles. The Morgan fingerprint density at radius 1 is 1.11 bits per heavy atom. The van der Waals surface area contributed by atoms with Crippen LogP contribution in [-0.2, 0) is 0 Å². The summed E-state index contributed by atoms with van der Waals surface area (Å²) in [5, 5.41) is 3.78. The number of nitrogens with zero attached hydrogens (tertiary/aromatic N) is 2. The van der Waals surface area contributed by atoms with Crippen molar-refractivity contribution < 1.29 is 0 Å². The smallest absolute Gasteiger partial charge is 0.0218 e. The average Bonchev–Trinajstić information content (AvgIpc) is 2.43. The second kappa shape index (κ2) is 7.61. The van der Waals surface area contributed by atoms with E-state index in [0.717, 1.165) is 18.0 Å². The summed E-state index contributed by atoms with van der Waals surface area (Å²) in [5.74, 6) is 0.959. The van der Waals surface area contributed by atoms with Gasteiger partial charge in [-0.25, -0.2) is 0 Å². The first-order valence-corrected chi connectivity index (χ1v) is 8.35. The summed E-state index contributed by atoms with van der Waals surface area (Å²) < 4.78 is 0. The normalized spacial score (nSPS) is 34.6. The molecule has 0 radical (unpaired) electrons. The molecule has 1 saturated heterocycles. The van der Waals surface area contributed by atoms with Crippen LogP contribution in [0.2, 0.25) is 0 Å². The van der Waals surface area contributed by atoms with E-state index in [0.29, 0.717) is 0 Å². The van der Waals surface area contributed by atoms with E-state index >= 15 is 0 Å². The molecule has 0 amide bonds. The first kappa shape index (κ1) is 15.3. The molecule has 19 heavy (non-hydrogen) atoms. The highest BCUT2D eigenvalue weighted by Crippen LogP contribution is 2.23. The van der Waals surface area contributed by atoms with Gasteiger partial charge in [0, 0.05) is 44.8 Å². The fraction of sp³-hybridized carbons (Fsp3) is 1.00. The quantitative estimate of drug-likeness (QED) is 0.824. The summed E-state index contributed by atoms with van der Waals surface area (Å²) in [6, 6.07) is 1.56. The molecule has 2 rings (SSSR count). The molecule has 3 nitrogen and oxygen atoms in total. The van der Waals surface area contributed by atoms with Crippen molar-refractivity contribution in [1.29, 1.82) is 0 Å². The van der Waals surface area contributed by atoms with Crippen LogP contribution in [0.25, 0.3) is 0 Å². The zero-order valence-corrected chi connectivity index (χ0v) is 13.2. The summed E-state index contributed by atoms with van der Waals surface area (Å²) >= 11 is 0. The lowest BCUT2D eigenvalue weighted by atomic mass is 9.87. The minimum absolute atomic E-state index is 0.768. The summed E-state index contributed by atoms with van der Waals surface area (Å²) in [5.41, 5.74) is 0. The minimum atomic E-state index is 0.768. The predicted octanol–water partition coefficient (Wildman–Crippen LogP) is 2.18. The number of hydrogen-bond donors (Lipinski definition) is 1. The van der Waals surface area contributed by atoms with E-state index in [-0.39, 0.29) is 0 Å². The lowest BCUT2D eigenvalue weighted by Crippen LogP contribution is -2.52. The summed E-state index contributed by atoms with van der Waals surface area (Å²) in [6.07, 6.45) is 6.90. The van der Waals surface area contributed by atoms with Gasteiger partial charge in [-0.05, 0) is 45.1 Å². The van der Waals surface area contributed by atoms with Gasteiger partial charge in [-0.3, -0.25) is 4.90 Å². The van der Waals surface area contributed by atoms with E-state index in [4.69, 9.17) is 0 Å². The largest absolute Gasteiger partial charge is 0.313 e. The van der Waals surface area contributed by atoms with Crippen LogP contribution in [0.5, 0.6) is 0 Å². The second-order valence-corrected chi connectivity index (χ2v) is 6.75. The minimum Gasteiger partial charge on any atom is -0.313 e. The fourth-order valence-electron chi connectivity index (χ4n) is 3.55. The molecular weight excluding hydrogens is 234 g/mol. The van der Waals surface area contributed by atoms with Gasteiger partial charge < -0.3 is 10.2 Å². The van der Waals surface area contributed by atoms with Gasteiger partial charge in [0.25, 0.3) is 0 Å². The van der Waals surface area contributed by atoms with Crippen LogP contribution in [0.15, 0.2) is 0 Å². The Hall–Kier alpha value is -0.120. The highest BCUT2D eigenvalue weighted by Gasteiger charge is 2.23. The Labute approximate surface area is 119 Å². The molecule has 2 fully saturated rings. The van der Waals surface area contributed by atoms with Gasteiger partial charge in [0.1, 0.15) is 0 Å². The molecule has 0 aromatic heterocycles. The lowest BCUT2D eigenvalue weighted by Gasteiger charge is -2.39. The van der Waals surface area contributed by atoms with Crippen LogP contribution in [0.3, 0.4) is 0 Å². The van der Waals surface area contributed by atoms with Crippen molar-refractivity contribution >= 4 is 0 Å². The number of piperazine rings is 1. The van der Waals surface area contributed by atoms with E-state index < -0.39 is 0 Å². The molecule has 0 bridgehead atoms. The molecule has 112 valence electrons. The Morgan fingerprint density at radius 3 is 2.53 bits per heavy atom. The maximum Gasteiger partial charge on any atom is 0.0218 e. The summed E-state index contributed by atoms with van der Waals surface area (Å²) in [7, 11) is 2.27.